The van der Waals surface area contributed by atoms with E-state index >= 15 is 0 Å². The summed E-state index contributed by atoms with van der Waals surface area (Å²) >= 11 is 3.69. The number of nitrogens with one attached hydrogen (secondary N) is 1. The molecule has 1 aromatic carbocycles. The summed E-state index contributed by atoms with van der Waals surface area (Å²) in [6.45, 7) is 0. The molecule has 0 saturated heterocycles. The topological polar surface area (TPSA) is 12.0 Å². The molecule has 2 aromatic heterocycles. The van der Waals surface area contributed by atoms with Gasteiger partial charge in [0.25, 0.3) is 0 Å². The molecule has 3 aromatic rings. The second-order valence-corrected chi connectivity index (χ2v) is 7.78. The van der Waals surface area contributed by atoms with Crippen molar-refractivity contribution in [1.29, 1.82) is 0 Å². The molecule has 1 saturated carbocycles. The molecule has 0 radical (unpaired) electrons. The maximum absolute atomic E-state index is 3.82. The Morgan fingerprint density at radius 3 is 2.71 bits per heavy atom. The lowest BCUT2D eigenvalue weighted by molar-refractivity contribution is 0.475. The fourth-order valence-electron chi connectivity index (χ4n) is 3.42. The summed E-state index contributed by atoms with van der Waals surface area (Å²) in [6.07, 6.45) is 5.49. The van der Waals surface area contributed by atoms with Crippen molar-refractivity contribution in [3.05, 3.63) is 52.0 Å². The Bertz CT molecular complexity index is 708. The molecule has 0 spiro atoms. The maximum Gasteiger partial charge on any atom is 0.0634 e. The molecule has 0 amide bonds. The van der Waals surface area contributed by atoms with Crippen molar-refractivity contribution in [3.8, 4) is 0 Å². The molecule has 1 fully saturated rings. The summed E-state index contributed by atoms with van der Waals surface area (Å²) in [5.74, 6) is 0.779. The Labute approximate surface area is 133 Å². The summed E-state index contributed by atoms with van der Waals surface area (Å²) in [4.78, 5) is 1.48. The van der Waals surface area contributed by atoms with E-state index < -0.39 is 0 Å². The maximum atomic E-state index is 3.82. The minimum atomic E-state index is 0.476. The lowest BCUT2D eigenvalue weighted by Crippen LogP contribution is -2.17. The lowest BCUT2D eigenvalue weighted by Gasteiger charge is -2.25. The number of anilines is 1. The van der Waals surface area contributed by atoms with E-state index in [-0.39, 0.29) is 0 Å². The third-order valence-electron chi connectivity index (χ3n) is 4.50. The van der Waals surface area contributed by atoms with Gasteiger partial charge in [0, 0.05) is 15.3 Å². The van der Waals surface area contributed by atoms with Crippen LogP contribution in [0.4, 0.5) is 5.69 Å². The third-order valence-corrected chi connectivity index (χ3v) is 6.35. The summed E-state index contributed by atoms with van der Waals surface area (Å²) < 4.78 is 1.37. The second-order valence-electron chi connectivity index (χ2n) is 5.86. The molecular weight excluding hydrogens is 294 g/mol. The van der Waals surface area contributed by atoms with E-state index in [9.17, 15) is 0 Å². The SMILES string of the molecule is c1csc(C(Nc2ccc3sccc3c2)C2CCCC2)c1. The van der Waals surface area contributed by atoms with Crippen molar-refractivity contribution in [2.75, 3.05) is 5.32 Å². The average Bonchev–Trinajstić information content (AvgIpc) is 3.24. The average molecular weight is 313 g/mol. The van der Waals surface area contributed by atoms with Crippen LogP contribution >= 0.6 is 22.7 Å². The van der Waals surface area contributed by atoms with Gasteiger partial charge in [0.15, 0.2) is 0 Å². The van der Waals surface area contributed by atoms with Crippen LogP contribution in [0.3, 0.4) is 0 Å². The van der Waals surface area contributed by atoms with Crippen molar-refractivity contribution in [1.82, 2.24) is 0 Å². The van der Waals surface area contributed by atoms with Crippen LogP contribution in [0.15, 0.2) is 47.2 Å². The van der Waals surface area contributed by atoms with Gasteiger partial charge in [-0.3, -0.25) is 0 Å². The van der Waals surface area contributed by atoms with Crippen molar-refractivity contribution >= 4 is 38.4 Å². The van der Waals surface area contributed by atoms with Gasteiger partial charge >= 0.3 is 0 Å². The van der Waals surface area contributed by atoms with Crippen LogP contribution in [-0.2, 0) is 0 Å². The van der Waals surface area contributed by atoms with Gasteiger partial charge in [-0.15, -0.1) is 22.7 Å². The number of benzene rings is 1. The standard InChI is InChI=1S/C18H19NS2/c1-2-5-13(4-1)18(17-6-3-10-20-17)19-15-7-8-16-14(12-15)9-11-21-16/h3,6-13,18-19H,1-2,4-5H2. The number of fused-ring (bicyclic) bond motifs is 1. The second kappa shape index (κ2) is 5.82. The van der Waals surface area contributed by atoms with Crippen LogP contribution in [0, 0.1) is 5.92 Å². The van der Waals surface area contributed by atoms with Crippen LogP contribution in [0.25, 0.3) is 10.1 Å². The number of thiophene rings is 2. The fourth-order valence-corrected chi connectivity index (χ4v) is 5.06. The van der Waals surface area contributed by atoms with Crippen LogP contribution in [0.5, 0.6) is 0 Å². The van der Waals surface area contributed by atoms with Gasteiger partial charge in [-0.1, -0.05) is 18.9 Å². The molecule has 1 aliphatic carbocycles. The Kier molecular flexibility index (Phi) is 3.70. The van der Waals surface area contributed by atoms with Crippen molar-refractivity contribution in [2.45, 2.75) is 31.7 Å². The van der Waals surface area contributed by atoms with E-state index in [0.29, 0.717) is 6.04 Å². The van der Waals surface area contributed by atoms with E-state index in [4.69, 9.17) is 0 Å². The Balaban J connectivity index is 1.63. The summed E-state index contributed by atoms with van der Waals surface area (Å²) in [6, 6.07) is 13.9. The Hall–Kier alpha value is -1.32. The lowest BCUT2D eigenvalue weighted by atomic mass is 9.96. The molecule has 1 atom stereocenters. The van der Waals surface area contributed by atoms with Gasteiger partial charge in [0.2, 0.25) is 0 Å². The normalized spacial score (nSPS) is 17.3. The molecule has 108 valence electrons. The van der Waals surface area contributed by atoms with Crippen molar-refractivity contribution < 1.29 is 0 Å². The highest BCUT2D eigenvalue weighted by molar-refractivity contribution is 7.17. The van der Waals surface area contributed by atoms with Gasteiger partial charge in [-0.2, -0.15) is 0 Å². The molecule has 1 aliphatic rings. The minimum Gasteiger partial charge on any atom is -0.377 e. The van der Waals surface area contributed by atoms with E-state index in [0.717, 1.165) is 5.92 Å². The predicted molar refractivity (Wildman–Crippen MR) is 94.5 cm³/mol. The monoisotopic (exact) mass is 313 g/mol. The molecule has 1 N–H and O–H groups in total. The predicted octanol–water partition coefficient (Wildman–Crippen LogP) is 6.31. The van der Waals surface area contributed by atoms with Crippen LogP contribution in [0.2, 0.25) is 0 Å². The largest absolute Gasteiger partial charge is 0.377 e. The van der Waals surface area contributed by atoms with Crippen LogP contribution < -0.4 is 5.32 Å². The van der Waals surface area contributed by atoms with Gasteiger partial charge in [0.1, 0.15) is 0 Å². The Morgan fingerprint density at radius 1 is 1.00 bits per heavy atom. The number of hydrogen-bond acceptors (Lipinski definition) is 3. The molecule has 4 rings (SSSR count). The van der Waals surface area contributed by atoms with Gasteiger partial charge in [-0.05, 0) is 65.2 Å². The molecule has 3 heteroatoms. The van der Waals surface area contributed by atoms with Crippen LogP contribution in [0.1, 0.15) is 36.6 Å². The van der Waals surface area contributed by atoms with E-state index in [2.05, 4.69) is 52.5 Å². The van der Waals surface area contributed by atoms with Gasteiger partial charge < -0.3 is 5.32 Å². The van der Waals surface area contributed by atoms with Gasteiger partial charge in [-0.25, -0.2) is 0 Å². The number of hydrogen-bond donors (Lipinski definition) is 1. The van der Waals surface area contributed by atoms with E-state index in [1.165, 1.54) is 46.3 Å². The van der Waals surface area contributed by atoms with Crippen molar-refractivity contribution in [3.63, 3.8) is 0 Å². The minimum absolute atomic E-state index is 0.476. The molecule has 0 aliphatic heterocycles. The highest BCUT2D eigenvalue weighted by atomic mass is 32.1. The summed E-state index contributed by atoms with van der Waals surface area (Å²) in [5, 5.41) is 9.53. The molecule has 21 heavy (non-hydrogen) atoms. The summed E-state index contributed by atoms with van der Waals surface area (Å²) in [7, 11) is 0. The molecule has 0 bridgehead atoms. The first-order valence-corrected chi connectivity index (χ1v) is 9.43. The number of rotatable bonds is 4. The third kappa shape index (κ3) is 2.72. The van der Waals surface area contributed by atoms with Crippen LogP contribution in [-0.4, -0.2) is 0 Å². The smallest absolute Gasteiger partial charge is 0.0634 e. The molecular formula is C18H19NS2. The zero-order valence-electron chi connectivity index (χ0n) is 11.9. The first-order valence-electron chi connectivity index (χ1n) is 7.67. The highest BCUT2D eigenvalue weighted by Crippen LogP contribution is 2.39. The first kappa shape index (κ1) is 13.4. The summed E-state index contributed by atoms with van der Waals surface area (Å²) in [5.41, 5.74) is 1.26. The Morgan fingerprint density at radius 2 is 1.90 bits per heavy atom. The quantitative estimate of drug-likeness (QED) is 0.595. The fraction of sp³-hybridized carbons (Fsp3) is 0.333. The van der Waals surface area contributed by atoms with E-state index in [1.807, 2.05) is 22.7 Å². The molecule has 1 unspecified atom stereocenters. The first-order chi connectivity index (χ1) is 10.4. The molecule has 2 heterocycles. The zero-order chi connectivity index (χ0) is 14.1. The van der Waals surface area contributed by atoms with E-state index in [1.54, 1.807) is 0 Å². The van der Waals surface area contributed by atoms with Crippen molar-refractivity contribution in [2.24, 2.45) is 5.92 Å². The molecule has 1 nitrogen and oxygen atoms in total. The van der Waals surface area contributed by atoms with Gasteiger partial charge in [0.05, 0.1) is 6.04 Å². The highest BCUT2D eigenvalue weighted by Gasteiger charge is 2.27. The zero-order valence-corrected chi connectivity index (χ0v) is 13.6.